The van der Waals surface area contributed by atoms with E-state index < -0.39 is 30.1 Å². The lowest BCUT2D eigenvalue weighted by atomic mass is 9.91. The second-order valence-corrected chi connectivity index (χ2v) is 3.76. The molecular weight excluding hydrogens is 234 g/mol. The molecule has 0 heterocycles. The molecule has 16 heavy (non-hydrogen) atoms. The van der Waals surface area contributed by atoms with E-state index in [9.17, 15) is 26.3 Å². The standard InChI is InChI=1S/C10H10F6/c1-6-2-4-7(9(11,12)13)8(5-3-6)10(14,15)16/h2-8H,1H3. The summed E-state index contributed by atoms with van der Waals surface area (Å²) in [5, 5.41) is 0. The fourth-order valence-electron chi connectivity index (χ4n) is 1.52. The molecule has 0 aliphatic heterocycles. The Morgan fingerprint density at radius 3 is 1.25 bits per heavy atom. The van der Waals surface area contributed by atoms with Gasteiger partial charge in [-0.1, -0.05) is 31.2 Å². The minimum absolute atomic E-state index is 0.419. The van der Waals surface area contributed by atoms with Crippen molar-refractivity contribution in [2.24, 2.45) is 17.8 Å². The predicted octanol–water partition coefficient (Wildman–Crippen LogP) is 4.11. The van der Waals surface area contributed by atoms with Gasteiger partial charge >= 0.3 is 12.4 Å². The fourth-order valence-corrected chi connectivity index (χ4v) is 1.52. The van der Waals surface area contributed by atoms with Gasteiger partial charge in [-0.15, -0.1) is 0 Å². The number of alkyl halides is 6. The molecule has 0 radical (unpaired) electrons. The summed E-state index contributed by atoms with van der Waals surface area (Å²) < 4.78 is 74.7. The van der Waals surface area contributed by atoms with Crippen LogP contribution in [0.4, 0.5) is 26.3 Å². The van der Waals surface area contributed by atoms with Crippen molar-refractivity contribution >= 4 is 0 Å². The maximum atomic E-state index is 12.4. The Kier molecular flexibility index (Phi) is 3.40. The van der Waals surface area contributed by atoms with Crippen molar-refractivity contribution in [3.8, 4) is 0 Å². The highest BCUT2D eigenvalue weighted by atomic mass is 19.4. The van der Waals surface area contributed by atoms with E-state index in [0.29, 0.717) is 12.2 Å². The number of allylic oxidation sites excluding steroid dienone is 4. The minimum atomic E-state index is -4.88. The number of hydrogen-bond donors (Lipinski definition) is 0. The van der Waals surface area contributed by atoms with Gasteiger partial charge in [0.2, 0.25) is 0 Å². The van der Waals surface area contributed by atoms with E-state index in [4.69, 9.17) is 0 Å². The Bertz CT molecular complexity index is 265. The van der Waals surface area contributed by atoms with E-state index in [-0.39, 0.29) is 0 Å². The molecule has 0 amide bonds. The van der Waals surface area contributed by atoms with E-state index in [1.165, 1.54) is 6.92 Å². The second kappa shape index (κ2) is 4.14. The molecule has 0 aromatic carbocycles. The largest absolute Gasteiger partial charge is 0.396 e. The van der Waals surface area contributed by atoms with Gasteiger partial charge in [-0.05, 0) is 5.92 Å². The maximum Gasteiger partial charge on any atom is 0.396 e. The third kappa shape index (κ3) is 3.02. The van der Waals surface area contributed by atoms with Crippen LogP contribution in [0.25, 0.3) is 0 Å². The molecule has 1 rings (SSSR count). The van der Waals surface area contributed by atoms with Gasteiger partial charge in [0, 0.05) is 0 Å². The first-order valence-electron chi connectivity index (χ1n) is 4.62. The van der Waals surface area contributed by atoms with Crippen LogP contribution in [0, 0.1) is 17.8 Å². The van der Waals surface area contributed by atoms with E-state index in [2.05, 4.69) is 0 Å². The highest BCUT2D eigenvalue weighted by Crippen LogP contribution is 2.43. The summed E-state index contributed by atoms with van der Waals surface area (Å²) in [5.41, 5.74) is 0. The van der Waals surface area contributed by atoms with Crippen molar-refractivity contribution in [1.29, 1.82) is 0 Å². The first kappa shape index (κ1) is 13.1. The zero-order valence-corrected chi connectivity index (χ0v) is 8.31. The average molecular weight is 244 g/mol. The summed E-state index contributed by atoms with van der Waals surface area (Å²) in [6.07, 6.45) is -6.29. The number of rotatable bonds is 0. The van der Waals surface area contributed by atoms with Gasteiger partial charge < -0.3 is 0 Å². The van der Waals surface area contributed by atoms with Crippen LogP contribution >= 0.6 is 0 Å². The molecule has 0 aromatic heterocycles. The monoisotopic (exact) mass is 244 g/mol. The minimum Gasteiger partial charge on any atom is -0.170 e. The van der Waals surface area contributed by atoms with Crippen molar-refractivity contribution < 1.29 is 26.3 Å². The fraction of sp³-hybridized carbons (Fsp3) is 0.600. The predicted molar refractivity (Wildman–Crippen MR) is 46.5 cm³/mol. The molecule has 6 heteroatoms. The smallest absolute Gasteiger partial charge is 0.170 e. The van der Waals surface area contributed by atoms with Gasteiger partial charge in [0.05, 0.1) is 11.8 Å². The molecule has 1 aliphatic rings. The van der Waals surface area contributed by atoms with Gasteiger partial charge in [-0.3, -0.25) is 0 Å². The third-order valence-electron chi connectivity index (χ3n) is 2.39. The Hall–Kier alpha value is -0.940. The lowest BCUT2D eigenvalue weighted by molar-refractivity contribution is -0.230. The summed E-state index contributed by atoms with van der Waals surface area (Å²) in [6.45, 7) is 1.53. The molecule has 1 aliphatic carbocycles. The van der Waals surface area contributed by atoms with E-state index in [1.54, 1.807) is 0 Å². The quantitative estimate of drug-likeness (QED) is 0.444. The zero-order chi connectivity index (χ0) is 12.6. The van der Waals surface area contributed by atoms with Crippen LogP contribution in [0.3, 0.4) is 0 Å². The van der Waals surface area contributed by atoms with E-state index in [0.717, 1.165) is 12.2 Å². The first-order chi connectivity index (χ1) is 7.12. The molecule has 0 spiro atoms. The normalized spacial score (nSPS) is 31.6. The second-order valence-electron chi connectivity index (χ2n) is 3.76. The van der Waals surface area contributed by atoms with Crippen molar-refractivity contribution in [3.05, 3.63) is 24.3 Å². The Morgan fingerprint density at radius 2 is 1.00 bits per heavy atom. The van der Waals surface area contributed by atoms with E-state index in [1.807, 2.05) is 0 Å². The molecule has 0 saturated heterocycles. The van der Waals surface area contributed by atoms with Crippen LogP contribution in [0.1, 0.15) is 6.92 Å². The van der Waals surface area contributed by atoms with Crippen LogP contribution in [0.2, 0.25) is 0 Å². The molecule has 2 atom stereocenters. The molecule has 0 nitrogen and oxygen atoms in total. The van der Waals surface area contributed by atoms with Crippen molar-refractivity contribution in [3.63, 3.8) is 0 Å². The summed E-state index contributed by atoms with van der Waals surface area (Å²) in [7, 11) is 0. The lowest BCUT2D eigenvalue weighted by Crippen LogP contribution is -2.36. The molecule has 0 bridgehead atoms. The average Bonchev–Trinajstić information content (AvgIpc) is 2.23. The van der Waals surface area contributed by atoms with Gasteiger partial charge in [-0.2, -0.15) is 26.3 Å². The Labute approximate surface area is 88.6 Å². The van der Waals surface area contributed by atoms with Crippen LogP contribution in [-0.4, -0.2) is 12.4 Å². The molecule has 0 saturated carbocycles. The number of halogens is 6. The molecule has 92 valence electrons. The molecule has 0 aromatic rings. The van der Waals surface area contributed by atoms with Gasteiger partial charge in [-0.25, -0.2) is 0 Å². The maximum absolute atomic E-state index is 12.4. The lowest BCUT2D eigenvalue weighted by Gasteiger charge is -2.25. The molecular formula is C10H10F6. The molecule has 0 fully saturated rings. The summed E-state index contributed by atoms with van der Waals surface area (Å²) >= 11 is 0. The Morgan fingerprint density at radius 1 is 0.688 bits per heavy atom. The third-order valence-corrected chi connectivity index (χ3v) is 2.39. The van der Waals surface area contributed by atoms with E-state index >= 15 is 0 Å². The van der Waals surface area contributed by atoms with Crippen molar-refractivity contribution in [2.75, 3.05) is 0 Å². The summed E-state index contributed by atoms with van der Waals surface area (Å²) in [4.78, 5) is 0. The number of hydrogen-bond acceptors (Lipinski definition) is 0. The van der Waals surface area contributed by atoms with Gasteiger partial charge in [0.1, 0.15) is 0 Å². The Balaban J connectivity index is 3.10. The summed E-state index contributed by atoms with van der Waals surface area (Å²) in [6, 6.07) is 0. The van der Waals surface area contributed by atoms with Crippen molar-refractivity contribution in [2.45, 2.75) is 19.3 Å². The highest BCUT2D eigenvalue weighted by Gasteiger charge is 2.53. The van der Waals surface area contributed by atoms with Gasteiger partial charge in [0.25, 0.3) is 0 Å². The van der Waals surface area contributed by atoms with Crippen LogP contribution in [-0.2, 0) is 0 Å². The molecule has 2 unspecified atom stereocenters. The van der Waals surface area contributed by atoms with Crippen LogP contribution in [0.15, 0.2) is 24.3 Å². The summed E-state index contributed by atoms with van der Waals surface area (Å²) in [5.74, 6) is -5.40. The highest BCUT2D eigenvalue weighted by molar-refractivity contribution is 5.13. The zero-order valence-electron chi connectivity index (χ0n) is 8.31. The molecule has 0 N–H and O–H groups in total. The SMILES string of the molecule is CC1C=CC(C(F)(F)F)C(C(F)(F)F)C=C1. The first-order valence-corrected chi connectivity index (χ1v) is 4.62. The van der Waals surface area contributed by atoms with Gasteiger partial charge in [0.15, 0.2) is 0 Å². The van der Waals surface area contributed by atoms with Crippen LogP contribution in [0.5, 0.6) is 0 Å². The van der Waals surface area contributed by atoms with Crippen molar-refractivity contribution in [1.82, 2.24) is 0 Å². The van der Waals surface area contributed by atoms with Crippen LogP contribution < -0.4 is 0 Å². The topological polar surface area (TPSA) is 0 Å².